The zero-order valence-electron chi connectivity index (χ0n) is 40.4. The Balaban J connectivity index is 1.32. The average molecular weight is 677 g/mol. The van der Waals surface area contributed by atoms with E-state index >= 15 is 0 Å². The standard InChI is InChI=1S/C50H33NO/c1-2-12-34(13-3-1)35-24-28-40(29-25-35)51(41-30-26-37(27-31-41)43-20-10-17-36-14-6-7-18-42(36)43)47-22-9-8-19-44(47)45-21-11-23-48-50(45)46-32-38-15-4-5-16-39(38)33-49(46)52-48/h1-33H/i4D,5D,8D,9D,11D,15D,16D,19D,21D,22D,23D,32D,33D. The van der Waals surface area contributed by atoms with E-state index in [1.54, 1.807) is 4.90 Å². The molecule has 0 spiro atoms. The molecule has 2 heteroatoms. The summed E-state index contributed by atoms with van der Waals surface area (Å²) in [6.45, 7) is 0. The van der Waals surface area contributed by atoms with Gasteiger partial charge in [-0.2, -0.15) is 0 Å². The van der Waals surface area contributed by atoms with Crippen molar-refractivity contribution in [3.05, 3.63) is 200 Å². The average Bonchev–Trinajstić information content (AvgIpc) is 3.74. The molecule has 0 bridgehead atoms. The predicted molar refractivity (Wildman–Crippen MR) is 220 cm³/mol. The number of nitrogens with zero attached hydrogens (tertiary/aromatic N) is 1. The fourth-order valence-electron chi connectivity index (χ4n) is 6.87. The maximum atomic E-state index is 9.62. The van der Waals surface area contributed by atoms with E-state index in [0.29, 0.717) is 11.4 Å². The minimum absolute atomic E-state index is 0.122. The largest absolute Gasteiger partial charge is 0.456 e. The lowest BCUT2D eigenvalue weighted by Crippen LogP contribution is -2.11. The Bertz CT molecular complexity index is 3620. The van der Waals surface area contributed by atoms with E-state index in [4.69, 9.17) is 15.4 Å². The van der Waals surface area contributed by atoms with Gasteiger partial charge < -0.3 is 9.32 Å². The number of rotatable bonds is 6. The van der Waals surface area contributed by atoms with Crippen LogP contribution in [0.2, 0.25) is 0 Å². The van der Waals surface area contributed by atoms with Crippen LogP contribution in [-0.4, -0.2) is 0 Å². The molecule has 2 nitrogen and oxygen atoms in total. The summed E-state index contributed by atoms with van der Waals surface area (Å²) in [6.07, 6.45) is 0. The van der Waals surface area contributed by atoms with Crippen molar-refractivity contribution in [3.8, 4) is 33.4 Å². The summed E-state index contributed by atoms with van der Waals surface area (Å²) in [7, 11) is 0. The van der Waals surface area contributed by atoms with E-state index < -0.39 is 78.6 Å². The minimum Gasteiger partial charge on any atom is -0.456 e. The van der Waals surface area contributed by atoms with Crippen LogP contribution >= 0.6 is 0 Å². The van der Waals surface area contributed by atoms with Gasteiger partial charge in [0.2, 0.25) is 0 Å². The molecule has 52 heavy (non-hydrogen) atoms. The van der Waals surface area contributed by atoms with Crippen LogP contribution in [0.4, 0.5) is 17.1 Å². The number of hydrogen-bond donors (Lipinski definition) is 0. The zero-order chi connectivity index (χ0) is 45.7. The van der Waals surface area contributed by atoms with E-state index in [-0.39, 0.29) is 49.5 Å². The van der Waals surface area contributed by atoms with Gasteiger partial charge in [-0.3, -0.25) is 0 Å². The molecule has 244 valence electrons. The van der Waals surface area contributed by atoms with Crippen molar-refractivity contribution in [2.45, 2.75) is 0 Å². The molecule has 0 atom stereocenters. The normalized spacial score (nSPS) is 15.0. The topological polar surface area (TPSA) is 16.4 Å². The third-order valence-corrected chi connectivity index (χ3v) is 9.30. The number of benzene rings is 9. The molecule has 0 radical (unpaired) electrons. The highest BCUT2D eigenvalue weighted by atomic mass is 16.3. The molecular weight excluding hydrogens is 631 g/mol. The lowest BCUT2D eigenvalue weighted by Gasteiger charge is -2.28. The quantitative estimate of drug-likeness (QED) is 0.174. The van der Waals surface area contributed by atoms with Gasteiger partial charge in [-0.1, -0.05) is 151 Å². The lowest BCUT2D eigenvalue weighted by molar-refractivity contribution is 0.669. The van der Waals surface area contributed by atoms with Crippen molar-refractivity contribution < 1.29 is 22.2 Å². The van der Waals surface area contributed by atoms with Gasteiger partial charge in [0.15, 0.2) is 0 Å². The second-order valence-electron chi connectivity index (χ2n) is 12.3. The Morgan fingerprint density at radius 1 is 0.404 bits per heavy atom. The summed E-state index contributed by atoms with van der Waals surface area (Å²) >= 11 is 0. The van der Waals surface area contributed by atoms with Crippen LogP contribution < -0.4 is 4.90 Å². The van der Waals surface area contributed by atoms with Crippen LogP contribution in [0.25, 0.3) is 76.9 Å². The fourth-order valence-corrected chi connectivity index (χ4v) is 6.87. The molecule has 0 aliphatic rings. The highest BCUT2D eigenvalue weighted by molar-refractivity contribution is 6.16. The summed E-state index contributed by atoms with van der Waals surface area (Å²) in [6, 6.07) is 30.9. The van der Waals surface area contributed by atoms with Crippen LogP contribution in [0.5, 0.6) is 0 Å². The van der Waals surface area contributed by atoms with E-state index in [9.17, 15) is 6.85 Å². The van der Waals surface area contributed by atoms with Gasteiger partial charge in [0.1, 0.15) is 11.2 Å². The highest BCUT2D eigenvalue weighted by Gasteiger charge is 2.21. The van der Waals surface area contributed by atoms with Gasteiger partial charge in [-0.25, -0.2) is 0 Å². The van der Waals surface area contributed by atoms with Crippen LogP contribution in [0.3, 0.4) is 0 Å². The predicted octanol–water partition coefficient (Wildman–Crippen LogP) is 14.4. The molecule has 0 unspecified atom stereocenters. The Hall–Kier alpha value is -6.90. The zero-order valence-corrected chi connectivity index (χ0v) is 27.4. The number of fused-ring (bicyclic) bond motifs is 5. The molecule has 0 aliphatic heterocycles. The van der Waals surface area contributed by atoms with Gasteiger partial charge in [-0.05, 0) is 97.8 Å². The molecule has 10 rings (SSSR count). The van der Waals surface area contributed by atoms with Crippen LogP contribution in [-0.2, 0) is 0 Å². The van der Waals surface area contributed by atoms with E-state index in [0.717, 1.165) is 33.0 Å². The van der Waals surface area contributed by atoms with Crippen molar-refractivity contribution >= 4 is 60.5 Å². The molecule has 1 aromatic heterocycles. The van der Waals surface area contributed by atoms with Crippen molar-refractivity contribution in [1.82, 2.24) is 0 Å². The first-order chi connectivity index (χ1) is 31.2. The van der Waals surface area contributed by atoms with E-state index in [1.807, 2.05) is 121 Å². The number of hydrogen-bond acceptors (Lipinski definition) is 2. The number of anilines is 3. The fraction of sp³-hybridized carbons (Fsp3) is 0. The van der Waals surface area contributed by atoms with Crippen LogP contribution in [0.15, 0.2) is 204 Å². The summed E-state index contributed by atoms with van der Waals surface area (Å²) in [5, 5.41) is 1.09. The maximum absolute atomic E-state index is 9.62. The van der Waals surface area contributed by atoms with Gasteiger partial charge in [0.25, 0.3) is 0 Å². The first-order valence-corrected chi connectivity index (χ1v) is 16.7. The summed E-state index contributed by atoms with van der Waals surface area (Å²) in [4.78, 5) is 1.64. The second-order valence-corrected chi connectivity index (χ2v) is 12.3. The second kappa shape index (κ2) is 12.5. The highest BCUT2D eigenvalue weighted by Crippen LogP contribution is 2.45. The third kappa shape index (κ3) is 5.12. The van der Waals surface area contributed by atoms with Crippen molar-refractivity contribution in [2.24, 2.45) is 0 Å². The molecule has 0 N–H and O–H groups in total. The first-order valence-electron chi connectivity index (χ1n) is 23.2. The molecule has 9 aromatic carbocycles. The molecule has 1 heterocycles. The van der Waals surface area contributed by atoms with Gasteiger partial charge in [0, 0.05) is 27.7 Å². The van der Waals surface area contributed by atoms with Gasteiger partial charge in [0.05, 0.1) is 23.5 Å². The molecule has 0 amide bonds. The summed E-state index contributed by atoms with van der Waals surface area (Å²) in [5.74, 6) is 0. The van der Waals surface area contributed by atoms with Gasteiger partial charge >= 0.3 is 0 Å². The SMILES string of the molecule is [2H]c1c([2H])c([2H])c(N(c2ccc(-c3ccccc3)cc2)c2ccc(-c3cccc4ccccc34)cc2)c(-c2c([2H])c([2H])c([2H])c3oc4c([2H])c5c([2H])c([2H])c([2H])c([2H])c5c([2H])c4c23)c1[2H]. The molecule has 10 aromatic rings. The maximum Gasteiger partial charge on any atom is 0.136 e. The lowest BCUT2D eigenvalue weighted by atomic mass is 9.95. The summed E-state index contributed by atoms with van der Waals surface area (Å²) < 4.78 is 124. The molecule has 0 saturated heterocycles. The smallest absolute Gasteiger partial charge is 0.136 e. The number of furan rings is 1. The van der Waals surface area contributed by atoms with Crippen molar-refractivity contribution in [3.63, 3.8) is 0 Å². The van der Waals surface area contributed by atoms with Crippen molar-refractivity contribution in [1.29, 1.82) is 0 Å². The first kappa shape index (κ1) is 19.5. The monoisotopic (exact) mass is 676 g/mol. The van der Waals surface area contributed by atoms with Crippen LogP contribution in [0, 0.1) is 0 Å². The Morgan fingerprint density at radius 2 is 1.04 bits per heavy atom. The third-order valence-electron chi connectivity index (χ3n) is 9.30. The van der Waals surface area contributed by atoms with E-state index in [1.165, 1.54) is 0 Å². The Kier molecular flexibility index (Phi) is 4.67. The minimum atomic E-state index is -0.659. The molecular formula is C50H33NO. The summed E-state index contributed by atoms with van der Waals surface area (Å²) in [5.41, 5.74) is 3.23. The molecule has 0 aliphatic carbocycles. The molecule has 0 saturated carbocycles. The molecule has 0 fully saturated rings. The van der Waals surface area contributed by atoms with Crippen LogP contribution in [0.1, 0.15) is 17.8 Å². The Labute approximate surface area is 320 Å². The van der Waals surface area contributed by atoms with E-state index in [2.05, 4.69) is 0 Å². The Morgan fingerprint density at radius 3 is 1.85 bits per heavy atom. The number of para-hydroxylation sites is 1. The van der Waals surface area contributed by atoms with Crippen molar-refractivity contribution in [2.75, 3.05) is 4.90 Å². The van der Waals surface area contributed by atoms with Gasteiger partial charge in [-0.15, -0.1) is 0 Å².